The van der Waals surface area contributed by atoms with Crippen molar-refractivity contribution in [2.24, 2.45) is 0 Å². The van der Waals surface area contributed by atoms with Crippen LogP contribution in [0.15, 0.2) is 42.6 Å². The van der Waals surface area contributed by atoms with Gasteiger partial charge in [-0.05, 0) is 18.2 Å². The van der Waals surface area contributed by atoms with Gasteiger partial charge in [-0.3, -0.25) is 4.79 Å². The topological polar surface area (TPSA) is 59.0 Å². The van der Waals surface area contributed by atoms with Crippen molar-refractivity contribution in [1.82, 2.24) is 20.4 Å². The first-order valence-electron chi connectivity index (χ1n) is 6.31. The lowest BCUT2D eigenvalue weighted by Crippen LogP contribution is -2.24. The molecule has 100 valence electrons. The summed E-state index contributed by atoms with van der Waals surface area (Å²) in [6.07, 6.45) is 2.42. The van der Waals surface area contributed by atoms with Crippen molar-refractivity contribution in [3.63, 3.8) is 0 Å². The summed E-state index contributed by atoms with van der Waals surface area (Å²) >= 11 is 0. The van der Waals surface area contributed by atoms with Crippen LogP contribution in [0.3, 0.4) is 0 Å². The number of carbonyl (C=O) groups is 1. The third-order valence-electron chi connectivity index (χ3n) is 2.78. The Bertz CT molecular complexity index is 521. The quantitative estimate of drug-likeness (QED) is 0.763. The van der Waals surface area contributed by atoms with E-state index in [-0.39, 0.29) is 5.91 Å². The van der Waals surface area contributed by atoms with Crippen molar-refractivity contribution >= 4 is 5.91 Å². The van der Waals surface area contributed by atoms with Crippen LogP contribution >= 0.6 is 0 Å². The highest BCUT2D eigenvalue weighted by molar-refractivity contribution is 5.75. The van der Waals surface area contributed by atoms with Crippen molar-refractivity contribution in [2.45, 2.75) is 13.0 Å². The lowest BCUT2D eigenvalue weighted by Gasteiger charge is -2.02. The fraction of sp³-hybridized carbons (Fsp3) is 0.286. The van der Waals surface area contributed by atoms with Gasteiger partial charge in [-0.2, -0.15) is 5.10 Å². The van der Waals surface area contributed by atoms with Gasteiger partial charge in [-0.25, -0.2) is 4.68 Å². The summed E-state index contributed by atoms with van der Waals surface area (Å²) in [6.45, 7) is 1.31. The molecule has 0 radical (unpaired) electrons. The molecule has 1 aromatic carbocycles. The predicted octanol–water partition coefficient (Wildman–Crippen LogP) is 1.10. The Labute approximate surface area is 112 Å². The van der Waals surface area contributed by atoms with Crippen LogP contribution in [0.4, 0.5) is 0 Å². The van der Waals surface area contributed by atoms with Gasteiger partial charge in [-0.1, -0.05) is 18.2 Å². The lowest BCUT2D eigenvalue weighted by molar-refractivity contribution is -0.120. The number of aromatic nitrogens is 2. The number of hydrogen-bond donors (Lipinski definition) is 2. The SMILES string of the molecule is CNC(=O)CCNCc1ccn(-c2ccccc2)n1. The van der Waals surface area contributed by atoms with Crippen LogP contribution in [0.5, 0.6) is 0 Å². The number of nitrogens with zero attached hydrogens (tertiary/aromatic N) is 2. The molecule has 2 aromatic rings. The van der Waals surface area contributed by atoms with E-state index in [9.17, 15) is 4.79 Å². The summed E-state index contributed by atoms with van der Waals surface area (Å²) in [5.41, 5.74) is 2.00. The zero-order chi connectivity index (χ0) is 13.5. The largest absolute Gasteiger partial charge is 0.359 e. The molecule has 2 rings (SSSR count). The molecule has 0 atom stereocenters. The van der Waals surface area contributed by atoms with Crippen molar-refractivity contribution in [1.29, 1.82) is 0 Å². The second-order valence-electron chi connectivity index (χ2n) is 4.19. The van der Waals surface area contributed by atoms with Gasteiger partial charge >= 0.3 is 0 Å². The third-order valence-corrected chi connectivity index (χ3v) is 2.78. The Hall–Kier alpha value is -2.14. The zero-order valence-corrected chi connectivity index (χ0v) is 11.0. The molecule has 0 spiro atoms. The molecule has 19 heavy (non-hydrogen) atoms. The minimum atomic E-state index is 0.0438. The molecule has 0 bridgehead atoms. The Morgan fingerprint density at radius 1 is 1.26 bits per heavy atom. The van der Waals surface area contributed by atoms with Crippen LogP contribution in [-0.4, -0.2) is 29.3 Å². The summed E-state index contributed by atoms with van der Waals surface area (Å²) < 4.78 is 1.84. The van der Waals surface area contributed by atoms with E-state index in [1.165, 1.54) is 0 Å². The molecule has 1 amide bonds. The molecular formula is C14H18N4O. The van der Waals surface area contributed by atoms with Crippen LogP contribution in [0.1, 0.15) is 12.1 Å². The van der Waals surface area contributed by atoms with Gasteiger partial charge in [0.05, 0.1) is 11.4 Å². The Kier molecular flexibility index (Phi) is 4.69. The number of amides is 1. The summed E-state index contributed by atoms with van der Waals surface area (Å²) in [6, 6.07) is 11.9. The maximum atomic E-state index is 11.0. The second-order valence-corrected chi connectivity index (χ2v) is 4.19. The van der Waals surface area contributed by atoms with Crippen LogP contribution in [0.2, 0.25) is 0 Å². The van der Waals surface area contributed by atoms with E-state index in [2.05, 4.69) is 15.7 Å². The molecular weight excluding hydrogens is 240 g/mol. The van der Waals surface area contributed by atoms with E-state index < -0.39 is 0 Å². The number of rotatable bonds is 6. The van der Waals surface area contributed by atoms with Gasteiger partial charge in [0.15, 0.2) is 0 Å². The fourth-order valence-electron chi connectivity index (χ4n) is 1.72. The first kappa shape index (κ1) is 13.3. The van der Waals surface area contributed by atoms with Crippen molar-refractivity contribution < 1.29 is 4.79 Å². The Morgan fingerprint density at radius 2 is 2.05 bits per heavy atom. The second kappa shape index (κ2) is 6.70. The minimum absolute atomic E-state index is 0.0438. The molecule has 0 aliphatic rings. The lowest BCUT2D eigenvalue weighted by atomic mass is 10.3. The van der Waals surface area contributed by atoms with Crippen LogP contribution in [0.25, 0.3) is 5.69 Å². The average molecular weight is 258 g/mol. The summed E-state index contributed by atoms with van der Waals surface area (Å²) in [4.78, 5) is 11.0. The number of benzene rings is 1. The number of para-hydroxylation sites is 1. The molecule has 0 aliphatic heterocycles. The highest BCUT2D eigenvalue weighted by Crippen LogP contribution is 2.06. The Morgan fingerprint density at radius 3 is 2.79 bits per heavy atom. The molecule has 5 nitrogen and oxygen atoms in total. The highest BCUT2D eigenvalue weighted by Gasteiger charge is 2.01. The van der Waals surface area contributed by atoms with Crippen LogP contribution in [-0.2, 0) is 11.3 Å². The third kappa shape index (κ3) is 3.93. The monoisotopic (exact) mass is 258 g/mol. The zero-order valence-electron chi connectivity index (χ0n) is 11.0. The summed E-state index contributed by atoms with van der Waals surface area (Å²) in [5.74, 6) is 0.0438. The number of carbonyl (C=O) groups excluding carboxylic acids is 1. The van der Waals surface area contributed by atoms with Crippen molar-refractivity contribution in [2.75, 3.05) is 13.6 Å². The van der Waals surface area contributed by atoms with Crippen LogP contribution < -0.4 is 10.6 Å². The molecule has 0 fully saturated rings. The standard InChI is InChI=1S/C14H18N4O/c1-15-14(19)7-9-16-11-12-8-10-18(17-12)13-5-3-2-4-6-13/h2-6,8,10,16H,7,9,11H2,1H3,(H,15,19). The van der Waals surface area contributed by atoms with Gasteiger partial charge in [0.1, 0.15) is 0 Å². The average Bonchev–Trinajstić information content (AvgIpc) is 2.93. The predicted molar refractivity (Wildman–Crippen MR) is 74.0 cm³/mol. The fourth-order valence-corrected chi connectivity index (χ4v) is 1.72. The van der Waals surface area contributed by atoms with Gasteiger partial charge in [0.2, 0.25) is 5.91 Å². The van der Waals surface area contributed by atoms with Gasteiger partial charge < -0.3 is 10.6 Å². The molecule has 5 heteroatoms. The smallest absolute Gasteiger partial charge is 0.221 e. The molecule has 1 aromatic heterocycles. The van der Waals surface area contributed by atoms with Gasteiger partial charge in [0.25, 0.3) is 0 Å². The van der Waals surface area contributed by atoms with E-state index in [4.69, 9.17) is 0 Å². The first-order valence-corrected chi connectivity index (χ1v) is 6.31. The Balaban J connectivity index is 1.83. The number of hydrogen-bond acceptors (Lipinski definition) is 3. The summed E-state index contributed by atoms with van der Waals surface area (Å²) in [5, 5.41) is 10.3. The van der Waals surface area contributed by atoms with Crippen molar-refractivity contribution in [3.8, 4) is 5.69 Å². The highest BCUT2D eigenvalue weighted by atomic mass is 16.1. The number of nitrogens with one attached hydrogen (secondary N) is 2. The molecule has 0 unspecified atom stereocenters. The summed E-state index contributed by atoms with van der Waals surface area (Å²) in [7, 11) is 1.64. The minimum Gasteiger partial charge on any atom is -0.359 e. The first-order chi connectivity index (χ1) is 9.29. The molecule has 2 N–H and O–H groups in total. The van der Waals surface area contributed by atoms with Crippen LogP contribution in [0, 0.1) is 0 Å². The van der Waals surface area contributed by atoms with E-state index in [0.29, 0.717) is 19.5 Å². The van der Waals surface area contributed by atoms with E-state index in [0.717, 1.165) is 11.4 Å². The molecule has 0 saturated heterocycles. The van der Waals surface area contributed by atoms with E-state index in [1.54, 1.807) is 7.05 Å². The molecule has 0 saturated carbocycles. The molecule has 1 heterocycles. The van der Waals surface area contributed by atoms with Gasteiger partial charge in [-0.15, -0.1) is 0 Å². The van der Waals surface area contributed by atoms with Gasteiger partial charge in [0, 0.05) is 32.8 Å². The maximum absolute atomic E-state index is 11.0. The normalized spacial score (nSPS) is 10.4. The van der Waals surface area contributed by atoms with Crippen molar-refractivity contribution in [3.05, 3.63) is 48.3 Å². The van der Waals surface area contributed by atoms with E-state index >= 15 is 0 Å². The van der Waals surface area contributed by atoms with E-state index in [1.807, 2.05) is 47.3 Å². The maximum Gasteiger partial charge on any atom is 0.221 e. The molecule has 0 aliphatic carbocycles.